The Morgan fingerprint density at radius 1 is 0.926 bits per heavy atom. The molecule has 3 aliphatic rings. The maximum atomic E-state index is 12.9. The highest BCUT2D eigenvalue weighted by Crippen LogP contribution is 2.45. The van der Waals surface area contributed by atoms with E-state index in [-0.39, 0.29) is 30.3 Å². The summed E-state index contributed by atoms with van der Waals surface area (Å²) >= 11 is 0. The van der Waals surface area contributed by atoms with Crippen molar-refractivity contribution in [3.8, 4) is 11.1 Å². The highest BCUT2D eigenvalue weighted by Gasteiger charge is 2.41. The summed E-state index contributed by atoms with van der Waals surface area (Å²) in [5.74, 6) is -0.491. The molecule has 2 aliphatic carbocycles. The van der Waals surface area contributed by atoms with Gasteiger partial charge in [-0.3, -0.25) is 9.59 Å². The largest absolute Gasteiger partial charge is 0.452 e. The van der Waals surface area contributed by atoms with Crippen LogP contribution in [0.2, 0.25) is 0 Å². The van der Waals surface area contributed by atoms with Crippen LogP contribution < -0.4 is 0 Å². The minimum atomic E-state index is -0.375. The molecule has 0 unspecified atom stereocenters. The van der Waals surface area contributed by atoms with E-state index in [1.807, 2.05) is 41.3 Å². The lowest BCUT2D eigenvalue weighted by atomic mass is 10.1. The number of fused-ring (bicyclic) bond motifs is 3. The standard InChI is InChI=1S/C23H23NO3/c25-21-13-15(14-24(21)16-7-1-2-8-16)23(26)27-22-19-11-5-3-9-17(19)18-10-4-6-12-20(18)22/h3-6,9-12,15-16,22H,1-2,7-8,13-14H2/t15-/m0/s1. The Labute approximate surface area is 159 Å². The SMILES string of the molecule is O=C(OC1c2ccccc2-c2ccccc21)[C@H]1CC(=O)N(C2CCCC2)C1. The molecule has 27 heavy (non-hydrogen) atoms. The van der Waals surface area contributed by atoms with Crippen molar-refractivity contribution >= 4 is 11.9 Å². The number of amides is 1. The van der Waals surface area contributed by atoms with Crippen LogP contribution in [0.25, 0.3) is 11.1 Å². The lowest BCUT2D eigenvalue weighted by Gasteiger charge is -2.24. The number of ether oxygens (including phenoxy) is 1. The van der Waals surface area contributed by atoms with Gasteiger partial charge in [0.05, 0.1) is 5.92 Å². The van der Waals surface area contributed by atoms with Gasteiger partial charge < -0.3 is 9.64 Å². The molecule has 1 aliphatic heterocycles. The molecule has 1 amide bonds. The summed E-state index contributed by atoms with van der Waals surface area (Å²) in [5.41, 5.74) is 4.31. The smallest absolute Gasteiger partial charge is 0.312 e. The summed E-state index contributed by atoms with van der Waals surface area (Å²) in [6.07, 6.45) is 4.40. The van der Waals surface area contributed by atoms with Gasteiger partial charge in [0, 0.05) is 30.1 Å². The molecule has 1 heterocycles. The van der Waals surface area contributed by atoms with Gasteiger partial charge in [-0.15, -0.1) is 0 Å². The third kappa shape index (κ3) is 2.75. The van der Waals surface area contributed by atoms with Crippen molar-refractivity contribution in [2.24, 2.45) is 5.92 Å². The molecule has 4 nitrogen and oxygen atoms in total. The van der Waals surface area contributed by atoms with E-state index in [0.29, 0.717) is 12.6 Å². The molecule has 2 aromatic carbocycles. The van der Waals surface area contributed by atoms with Crippen molar-refractivity contribution in [2.75, 3.05) is 6.54 Å². The Balaban J connectivity index is 1.36. The molecule has 0 radical (unpaired) electrons. The van der Waals surface area contributed by atoms with E-state index in [2.05, 4.69) is 12.1 Å². The van der Waals surface area contributed by atoms with Gasteiger partial charge in [0.25, 0.3) is 0 Å². The van der Waals surface area contributed by atoms with Crippen LogP contribution in [0.3, 0.4) is 0 Å². The zero-order chi connectivity index (χ0) is 18.4. The van der Waals surface area contributed by atoms with Gasteiger partial charge in [-0.25, -0.2) is 0 Å². The number of rotatable bonds is 3. The highest BCUT2D eigenvalue weighted by atomic mass is 16.5. The molecule has 5 rings (SSSR count). The number of likely N-dealkylation sites (tertiary alicyclic amines) is 1. The Bertz CT molecular complexity index is 855. The first-order chi connectivity index (χ1) is 13.2. The second-order valence-electron chi connectivity index (χ2n) is 7.88. The molecule has 2 aromatic rings. The van der Waals surface area contributed by atoms with E-state index < -0.39 is 0 Å². The number of esters is 1. The summed E-state index contributed by atoms with van der Waals surface area (Å²) in [5, 5.41) is 0. The lowest BCUT2D eigenvalue weighted by molar-refractivity contribution is -0.152. The maximum absolute atomic E-state index is 12.9. The fraction of sp³-hybridized carbons (Fsp3) is 0.391. The Morgan fingerprint density at radius 2 is 1.52 bits per heavy atom. The Hall–Kier alpha value is -2.62. The van der Waals surface area contributed by atoms with E-state index in [4.69, 9.17) is 4.74 Å². The average Bonchev–Trinajstić information content (AvgIpc) is 3.41. The maximum Gasteiger partial charge on any atom is 0.312 e. The van der Waals surface area contributed by atoms with E-state index in [1.165, 1.54) is 12.8 Å². The highest BCUT2D eigenvalue weighted by molar-refractivity contribution is 5.88. The molecule has 1 atom stereocenters. The van der Waals surface area contributed by atoms with Gasteiger partial charge in [0.2, 0.25) is 5.91 Å². The van der Waals surface area contributed by atoms with Crippen LogP contribution in [0, 0.1) is 5.92 Å². The zero-order valence-electron chi connectivity index (χ0n) is 15.3. The number of carbonyl (C=O) groups is 2. The molecule has 4 heteroatoms. The van der Waals surface area contributed by atoms with E-state index in [0.717, 1.165) is 35.1 Å². The monoisotopic (exact) mass is 361 g/mol. The van der Waals surface area contributed by atoms with Gasteiger partial charge in [0.1, 0.15) is 0 Å². The number of carbonyl (C=O) groups excluding carboxylic acids is 2. The summed E-state index contributed by atoms with van der Waals surface area (Å²) < 4.78 is 5.99. The molecule has 138 valence electrons. The van der Waals surface area contributed by atoms with E-state index in [9.17, 15) is 9.59 Å². The number of benzene rings is 2. The van der Waals surface area contributed by atoms with Crippen LogP contribution in [0.5, 0.6) is 0 Å². The third-order valence-corrected chi connectivity index (χ3v) is 6.27. The fourth-order valence-electron chi connectivity index (χ4n) is 4.91. The molecule has 0 bridgehead atoms. The normalized spacial score (nSPS) is 22.1. The second kappa shape index (κ2) is 6.52. The van der Waals surface area contributed by atoms with Crippen LogP contribution in [0.15, 0.2) is 48.5 Å². The van der Waals surface area contributed by atoms with Gasteiger partial charge >= 0.3 is 5.97 Å². The van der Waals surface area contributed by atoms with Gasteiger partial charge in [-0.1, -0.05) is 61.4 Å². The predicted octanol–water partition coefficient (Wildman–Crippen LogP) is 4.09. The minimum Gasteiger partial charge on any atom is -0.452 e. The van der Waals surface area contributed by atoms with Crippen molar-refractivity contribution in [3.63, 3.8) is 0 Å². The van der Waals surface area contributed by atoms with Crippen LogP contribution in [-0.2, 0) is 14.3 Å². The zero-order valence-corrected chi connectivity index (χ0v) is 15.3. The Morgan fingerprint density at radius 3 is 2.15 bits per heavy atom. The van der Waals surface area contributed by atoms with E-state index >= 15 is 0 Å². The number of hydrogen-bond donors (Lipinski definition) is 0. The van der Waals surface area contributed by atoms with Crippen molar-refractivity contribution < 1.29 is 14.3 Å². The summed E-state index contributed by atoms with van der Waals surface area (Å²) in [4.78, 5) is 27.3. The summed E-state index contributed by atoms with van der Waals surface area (Å²) in [6, 6.07) is 16.5. The molecular weight excluding hydrogens is 338 g/mol. The fourth-order valence-corrected chi connectivity index (χ4v) is 4.91. The van der Waals surface area contributed by atoms with Crippen LogP contribution in [-0.4, -0.2) is 29.4 Å². The predicted molar refractivity (Wildman–Crippen MR) is 102 cm³/mol. The van der Waals surface area contributed by atoms with Gasteiger partial charge in [-0.05, 0) is 24.0 Å². The van der Waals surface area contributed by atoms with Crippen LogP contribution in [0.4, 0.5) is 0 Å². The Kier molecular flexibility index (Phi) is 4.00. The third-order valence-electron chi connectivity index (χ3n) is 6.27. The minimum absolute atomic E-state index is 0.107. The number of nitrogens with zero attached hydrogens (tertiary/aromatic N) is 1. The first kappa shape index (κ1) is 16.5. The topological polar surface area (TPSA) is 46.6 Å². The quantitative estimate of drug-likeness (QED) is 0.774. The van der Waals surface area contributed by atoms with Crippen molar-refractivity contribution in [2.45, 2.75) is 44.2 Å². The summed E-state index contributed by atoms with van der Waals surface area (Å²) in [7, 11) is 0. The molecule has 0 spiro atoms. The number of hydrogen-bond acceptors (Lipinski definition) is 3. The van der Waals surface area contributed by atoms with Gasteiger partial charge in [-0.2, -0.15) is 0 Å². The molecule has 2 fully saturated rings. The lowest BCUT2D eigenvalue weighted by Crippen LogP contribution is -2.35. The van der Waals surface area contributed by atoms with Gasteiger partial charge in [0.15, 0.2) is 6.10 Å². The first-order valence-corrected chi connectivity index (χ1v) is 9.90. The molecule has 0 aromatic heterocycles. The van der Waals surface area contributed by atoms with Crippen LogP contribution in [0.1, 0.15) is 49.3 Å². The first-order valence-electron chi connectivity index (χ1n) is 9.90. The average molecular weight is 361 g/mol. The van der Waals surface area contributed by atoms with Crippen LogP contribution >= 0.6 is 0 Å². The molecule has 1 saturated heterocycles. The van der Waals surface area contributed by atoms with Crippen molar-refractivity contribution in [3.05, 3.63) is 59.7 Å². The molecular formula is C23H23NO3. The summed E-state index contributed by atoms with van der Waals surface area (Å²) in [6.45, 7) is 0.512. The molecule has 0 N–H and O–H groups in total. The van der Waals surface area contributed by atoms with E-state index in [1.54, 1.807) is 0 Å². The van der Waals surface area contributed by atoms with Crippen molar-refractivity contribution in [1.82, 2.24) is 4.90 Å². The second-order valence-corrected chi connectivity index (χ2v) is 7.88. The van der Waals surface area contributed by atoms with Crippen molar-refractivity contribution in [1.29, 1.82) is 0 Å². The molecule has 1 saturated carbocycles.